The van der Waals surface area contributed by atoms with Crippen LogP contribution in [0.5, 0.6) is 17.2 Å². The summed E-state index contributed by atoms with van der Waals surface area (Å²) in [5.74, 6) is 0.255. The number of non-ortho nitro benzene ring substituents is 1. The first-order valence-corrected chi connectivity index (χ1v) is 7.84. The highest BCUT2D eigenvalue weighted by atomic mass is 32.1. The monoisotopic (exact) mass is 375 g/mol. The van der Waals surface area contributed by atoms with E-state index in [0.717, 1.165) is 18.2 Å². The minimum absolute atomic E-state index is 0.00618. The Morgan fingerprint density at radius 1 is 1.15 bits per heavy atom. The third-order valence-corrected chi connectivity index (χ3v) is 3.67. The first-order valence-electron chi connectivity index (χ1n) is 7.43. The molecule has 0 aliphatic carbocycles. The Morgan fingerprint density at radius 2 is 1.88 bits per heavy atom. The zero-order valence-corrected chi connectivity index (χ0v) is 14.0. The zero-order valence-electron chi connectivity index (χ0n) is 13.2. The zero-order chi connectivity index (χ0) is 18.7. The summed E-state index contributed by atoms with van der Waals surface area (Å²) in [5.41, 5.74) is 0.0691. The summed E-state index contributed by atoms with van der Waals surface area (Å²) in [6, 6.07) is 8.11. The lowest BCUT2D eigenvalue weighted by molar-refractivity contribution is -0.384. The molecule has 2 aromatic carbocycles. The van der Waals surface area contributed by atoms with Gasteiger partial charge < -0.3 is 19.9 Å². The van der Waals surface area contributed by atoms with Crippen LogP contribution in [0.1, 0.15) is 10.4 Å². The van der Waals surface area contributed by atoms with Gasteiger partial charge in [0.25, 0.3) is 11.6 Å². The van der Waals surface area contributed by atoms with Gasteiger partial charge in [0.2, 0.25) is 0 Å². The van der Waals surface area contributed by atoms with E-state index in [2.05, 4.69) is 10.6 Å². The number of ether oxygens (including phenoxy) is 2. The minimum atomic E-state index is -0.610. The van der Waals surface area contributed by atoms with Crippen molar-refractivity contribution in [1.82, 2.24) is 5.32 Å². The summed E-state index contributed by atoms with van der Waals surface area (Å²) in [6.45, 7) is 0.837. The number of fused-ring (bicyclic) bond motifs is 1. The average molecular weight is 375 g/mol. The minimum Gasteiger partial charge on any atom is -0.506 e. The van der Waals surface area contributed by atoms with Crippen LogP contribution in [0, 0.1) is 10.1 Å². The third kappa shape index (κ3) is 3.81. The summed E-state index contributed by atoms with van der Waals surface area (Å²) in [7, 11) is 0. The molecule has 0 radical (unpaired) electrons. The molecule has 1 amide bonds. The summed E-state index contributed by atoms with van der Waals surface area (Å²) in [4.78, 5) is 22.5. The Bertz CT molecular complexity index is 902. The molecule has 0 fully saturated rings. The van der Waals surface area contributed by atoms with E-state index in [0.29, 0.717) is 30.3 Å². The van der Waals surface area contributed by atoms with Gasteiger partial charge in [-0.2, -0.15) is 0 Å². The summed E-state index contributed by atoms with van der Waals surface area (Å²) < 4.78 is 10.8. The fourth-order valence-electron chi connectivity index (χ4n) is 2.25. The van der Waals surface area contributed by atoms with Gasteiger partial charge in [-0.3, -0.25) is 20.2 Å². The number of nitrogens with zero attached hydrogens (tertiary/aromatic N) is 1. The summed E-state index contributed by atoms with van der Waals surface area (Å²) >= 11 is 5.02. The van der Waals surface area contributed by atoms with Gasteiger partial charge in [-0.05, 0) is 36.5 Å². The third-order valence-electron chi connectivity index (χ3n) is 3.47. The number of nitrogens with one attached hydrogen (secondary N) is 2. The number of rotatable bonds is 3. The highest BCUT2D eigenvalue weighted by Crippen LogP contribution is 2.31. The number of nitro groups is 1. The molecule has 0 bridgehead atoms. The lowest BCUT2D eigenvalue weighted by Gasteiger charge is -2.18. The number of anilines is 1. The van der Waals surface area contributed by atoms with E-state index in [4.69, 9.17) is 21.7 Å². The summed E-state index contributed by atoms with van der Waals surface area (Å²) in [5, 5.41) is 25.4. The molecule has 9 nitrogen and oxygen atoms in total. The van der Waals surface area contributed by atoms with Crippen LogP contribution in [0.2, 0.25) is 0 Å². The predicted molar refractivity (Wildman–Crippen MR) is 95.9 cm³/mol. The fraction of sp³-hybridized carbons (Fsp3) is 0.125. The molecule has 0 aromatic heterocycles. The Kier molecular flexibility index (Phi) is 4.85. The van der Waals surface area contributed by atoms with Crippen molar-refractivity contribution in [2.45, 2.75) is 0 Å². The molecule has 0 atom stereocenters. The Hall–Kier alpha value is -3.40. The van der Waals surface area contributed by atoms with Crippen molar-refractivity contribution in [3.63, 3.8) is 0 Å². The van der Waals surface area contributed by atoms with Crippen molar-refractivity contribution in [3.05, 3.63) is 52.1 Å². The van der Waals surface area contributed by atoms with Crippen molar-refractivity contribution in [3.8, 4) is 17.2 Å². The highest BCUT2D eigenvalue weighted by molar-refractivity contribution is 7.80. The second-order valence-corrected chi connectivity index (χ2v) is 5.63. The lowest BCUT2D eigenvalue weighted by Crippen LogP contribution is -2.34. The molecule has 0 unspecified atom stereocenters. The molecule has 3 N–H and O–H groups in total. The Morgan fingerprint density at radius 3 is 2.62 bits per heavy atom. The largest absolute Gasteiger partial charge is 0.506 e. The standard InChI is InChI=1S/C16H13N3O6S/c20-12-3-2-10(19(22)23)8-11(12)17-16(26)18-15(21)9-1-4-13-14(7-9)25-6-5-24-13/h1-4,7-8,20H,5-6H2,(H2,17,18,21,26). The molecule has 0 spiro atoms. The maximum absolute atomic E-state index is 12.3. The number of hydrogen-bond donors (Lipinski definition) is 3. The van der Waals surface area contributed by atoms with Crippen LogP contribution in [0.15, 0.2) is 36.4 Å². The molecular weight excluding hydrogens is 362 g/mol. The van der Waals surface area contributed by atoms with E-state index in [9.17, 15) is 20.0 Å². The van der Waals surface area contributed by atoms with E-state index in [1.165, 1.54) is 6.07 Å². The van der Waals surface area contributed by atoms with Crippen LogP contribution in [0.3, 0.4) is 0 Å². The molecule has 3 rings (SSSR count). The number of hydrogen-bond acceptors (Lipinski definition) is 7. The molecule has 2 aromatic rings. The first-order chi connectivity index (χ1) is 12.4. The van der Waals surface area contributed by atoms with Crippen molar-refractivity contribution in [2.75, 3.05) is 18.5 Å². The van der Waals surface area contributed by atoms with Crippen molar-refractivity contribution >= 4 is 34.6 Å². The fourth-order valence-corrected chi connectivity index (χ4v) is 2.45. The van der Waals surface area contributed by atoms with Gasteiger partial charge in [0.05, 0.1) is 10.6 Å². The molecule has 1 aliphatic rings. The molecule has 134 valence electrons. The number of carbonyl (C=O) groups is 1. The average Bonchev–Trinajstić information content (AvgIpc) is 2.62. The Labute approximate surface area is 152 Å². The van der Waals surface area contributed by atoms with Crippen LogP contribution < -0.4 is 20.1 Å². The van der Waals surface area contributed by atoms with Gasteiger partial charge in [-0.15, -0.1) is 0 Å². The molecule has 1 aliphatic heterocycles. The summed E-state index contributed by atoms with van der Waals surface area (Å²) in [6.07, 6.45) is 0. The highest BCUT2D eigenvalue weighted by Gasteiger charge is 2.17. The van der Waals surface area contributed by atoms with Gasteiger partial charge in [0, 0.05) is 17.7 Å². The van der Waals surface area contributed by atoms with E-state index in [1.54, 1.807) is 12.1 Å². The Balaban J connectivity index is 1.69. The first kappa shape index (κ1) is 17.4. The van der Waals surface area contributed by atoms with E-state index in [1.807, 2.05) is 0 Å². The number of nitro benzene ring substituents is 1. The van der Waals surface area contributed by atoms with E-state index >= 15 is 0 Å². The van der Waals surface area contributed by atoms with Crippen LogP contribution in [-0.4, -0.2) is 34.3 Å². The smallest absolute Gasteiger partial charge is 0.271 e. The van der Waals surface area contributed by atoms with Gasteiger partial charge in [0.15, 0.2) is 16.6 Å². The van der Waals surface area contributed by atoms with Crippen LogP contribution in [0.25, 0.3) is 0 Å². The number of phenols is 1. The van der Waals surface area contributed by atoms with Crippen LogP contribution >= 0.6 is 12.2 Å². The lowest BCUT2D eigenvalue weighted by atomic mass is 10.2. The van der Waals surface area contributed by atoms with E-state index in [-0.39, 0.29) is 22.2 Å². The topological polar surface area (TPSA) is 123 Å². The number of carbonyl (C=O) groups excluding carboxylic acids is 1. The van der Waals surface area contributed by atoms with Gasteiger partial charge >= 0.3 is 0 Å². The molecule has 0 saturated carbocycles. The molecule has 0 saturated heterocycles. The number of aromatic hydroxyl groups is 1. The van der Waals surface area contributed by atoms with Crippen LogP contribution in [0.4, 0.5) is 11.4 Å². The van der Waals surface area contributed by atoms with Gasteiger partial charge in [-0.1, -0.05) is 0 Å². The van der Waals surface area contributed by atoms with Crippen molar-refractivity contribution in [1.29, 1.82) is 0 Å². The maximum Gasteiger partial charge on any atom is 0.271 e. The van der Waals surface area contributed by atoms with E-state index < -0.39 is 10.8 Å². The predicted octanol–water partition coefficient (Wildman–Crippen LogP) is 2.20. The van der Waals surface area contributed by atoms with Crippen LogP contribution in [-0.2, 0) is 0 Å². The van der Waals surface area contributed by atoms with Gasteiger partial charge in [-0.25, -0.2) is 0 Å². The molecule has 10 heteroatoms. The SMILES string of the molecule is O=C(NC(=S)Nc1cc([N+](=O)[O-])ccc1O)c1ccc2c(c1)OCCO2. The second-order valence-electron chi connectivity index (χ2n) is 5.23. The van der Waals surface area contributed by atoms with Gasteiger partial charge in [0.1, 0.15) is 19.0 Å². The molecule has 1 heterocycles. The number of thiocarbonyl (C=S) groups is 1. The normalized spacial score (nSPS) is 12.2. The number of benzene rings is 2. The van der Waals surface area contributed by atoms with Crippen molar-refractivity contribution < 1.29 is 24.3 Å². The molecular formula is C16H13N3O6S. The maximum atomic E-state index is 12.3. The second kappa shape index (κ2) is 7.23. The quantitative estimate of drug-likeness (QED) is 0.323. The van der Waals surface area contributed by atoms with Crippen molar-refractivity contribution in [2.24, 2.45) is 0 Å². The number of amides is 1. The molecule has 26 heavy (non-hydrogen) atoms. The number of phenolic OH excluding ortho intramolecular Hbond substituents is 1.